The van der Waals surface area contributed by atoms with Crippen LogP contribution in [0.15, 0.2) is 97.1 Å². The summed E-state index contributed by atoms with van der Waals surface area (Å²) in [6.07, 6.45) is -2.24. The molecule has 2 N–H and O–H groups in total. The van der Waals surface area contributed by atoms with Crippen molar-refractivity contribution < 1.29 is 50.5 Å². The number of hydrogen-bond donors (Lipinski definition) is 2. The van der Waals surface area contributed by atoms with E-state index in [1.54, 1.807) is 0 Å². The predicted molar refractivity (Wildman–Crippen MR) is 177 cm³/mol. The Morgan fingerprint density at radius 1 is 0.538 bits per heavy atom. The van der Waals surface area contributed by atoms with Crippen molar-refractivity contribution in [1.82, 2.24) is 10.6 Å². The fourth-order valence-corrected chi connectivity index (χ4v) is 6.66. The molecule has 2 amide bonds. The van der Waals surface area contributed by atoms with E-state index >= 15 is 0 Å². The summed E-state index contributed by atoms with van der Waals surface area (Å²) in [6, 6.07) is 28.3. The average Bonchev–Trinajstić information content (AvgIpc) is 3.67. The highest BCUT2D eigenvalue weighted by Gasteiger charge is 2.34. The largest absolute Gasteiger partial charge is 0.449 e. The lowest BCUT2D eigenvalue weighted by atomic mass is 9.98. The van der Waals surface area contributed by atoms with Crippen LogP contribution in [0.25, 0.3) is 22.3 Å². The fourth-order valence-electron chi connectivity index (χ4n) is 6.66. The van der Waals surface area contributed by atoms with Crippen LogP contribution in [-0.2, 0) is 14.3 Å². The summed E-state index contributed by atoms with van der Waals surface area (Å²) < 4.78 is 85.6. The third-order valence-corrected chi connectivity index (χ3v) is 9.09. The molecular formula is C39H27F5N2O6. The van der Waals surface area contributed by atoms with Crippen LogP contribution in [0.4, 0.5) is 31.5 Å². The molecule has 1 atom stereocenters. The molecule has 0 saturated heterocycles. The first-order valence-electron chi connectivity index (χ1n) is 16.1. The number of carbonyl (C=O) groups excluding carboxylic acids is 3. The van der Waals surface area contributed by atoms with Crippen molar-refractivity contribution in [3.8, 4) is 28.0 Å². The van der Waals surface area contributed by atoms with Gasteiger partial charge in [0.05, 0.1) is 6.54 Å². The van der Waals surface area contributed by atoms with Crippen LogP contribution in [0.2, 0.25) is 0 Å². The molecule has 2 aliphatic rings. The van der Waals surface area contributed by atoms with E-state index in [4.69, 9.17) is 9.47 Å². The van der Waals surface area contributed by atoms with Gasteiger partial charge in [0, 0.05) is 11.8 Å². The highest BCUT2D eigenvalue weighted by atomic mass is 19.2. The Balaban J connectivity index is 1.05. The number of ether oxygens (including phenoxy) is 3. The normalized spacial score (nSPS) is 13.3. The first-order valence-corrected chi connectivity index (χ1v) is 16.1. The van der Waals surface area contributed by atoms with Crippen molar-refractivity contribution in [2.75, 3.05) is 19.8 Å². The molecule has 0 spiro atoms. The van der Waals surface area contributed by atoms with Gasteiger partial charge in [-0.3, -0.25) is 0 Å². The number of fused-ring (bicyclic) bond motifs is 6. The molecule has 0 bridgehead atoms. The summed E-state index contributed by atoms with van der Waals surface area (Å²) >= 11 is 0. The maximum absolute atomic E-state index is 14.4. The average molecular weight is 715 g/mol. The molecule has 8 nitrogen and oxygen atoms in total. The van der Waals surface area contributed by atoms with E-state index in [0.717, 1.165) is 44.5 Å². The number of halogens is 5. The van der Waals surface area contributed by atoms with E-state index in [1.807, 2.05) is 97.1 Å². The SMILES string of the molecule is O=C(NCC(NC(=O)OCC1c2ccccc2-c2ccccc21)C(=O)Oc1c(F)c(F)c(F)c(F)c1F)OCC1c2ccccc2-c2ccccc21. The molecule has 264 valence electrons. The van der Waals surface area contributed by atoms with Gasteiger partial charge in [-0.1, -0.05) is 97.1 Å². The molecule has 5 aromatic rings. The van der Waals surface area contributed by atoms with Gasteiger partial charge in [-0.2, -0.15) is 8.78 Å². The topological polar surface area (TPSA) is 103 Å². The Bertz CT molecular complexity index is 2110. The molecule has 7 rings (SSSR count). The van der Waals surface area contributed by atoms with Crippen LogP contribution in [0.3, 0.4) is 0 Å². The molecule has 2 aliphatic carbocycles. The van der Waals surface area contributed by atoms with Crippen LogP contribution in [0.5, 0.6) is 5.75 Å². The summed E-state index contributed by atoms with van der Waals surface area (Å²) in [7, 11) is 0. The Morgan fingerprint density at radius 2 is 0.904 bits per heavy atom. The van der Waals surface area contributed by atoms with Gasteiger partial charge in [-0.05, 0) is 44.5 Å². The number of nitrogens with one attached hydrogen (secondary N) is 2. The van der Waals surface area contributed by atoms with Crippen molar-refractivity contribution in [2.24, 2.45) is 0 Å². The lowest BCUT2D eigenvalue weighted by molar-refractivity contribution is -0.137. The van der Waals surface area contributed by atoms with Gasteiger partial charge in [0.1, 0.15) is 19.3 Å². The Labute approximate surface area is 293 Å². The lowest BCUT2D eigenvalue weighted by Crippen LogP contribution is -2.50. The third-order valence-electron chi connectivity index (χ3n) is 9.09. The minimum Gasteiger partial charge on any atom is -0.449 e. The summed E-state index contributed by atoms with van der Waals surface area (Å²) in [5.41, 5.74) is 7.49. The van der Waals surface area contributed by atoms with Crippen molar-refractivity contribution in [1.29, 1.82) is 0 Å². The number of amides is 2. The second-order valence-electron chi connectivity index (χ2n) is 12.0. The predicted octanol–water partition coefficient (Wildman–Crippen LogP) is 7.73. The minimum atomic E-state index is -2.46. The number of hydrogen-bond acceptors (Lipinski definition) is 6. The van der Waals surface area contributed by atoms with Crippen LogP contribution in [-0.4, -0.2) is 44.0 Å². The second-order valence-corrected chi connectivity index (χ2v) is 12.0. The van der Waals surface area contributed by atoms with E-state index in [-0.39, 0.29) is 25.0 Å². The Morgan fingerprint density at radius 3 is 1.33 bits per heavy atom. The summed E-state index contributed by atoms with van der Waals surface area (Å²) in [5, 5.41) is 4.44. The summed E-state index contributed by atoms with van der Waals surface area (Å²) in [4.78, 5) is 39.1. The van der Waals surface area contributed by atoms with Crippen molar-refractivity contribution in [3.05, 3.63) is 148 Å². The van der Waals surface area contributed by atoms with Gasteiger partial charge in [-0.25, -0.2) is 27.6 Å². The van der Waals surface area contributed by atoms with Gasteiger partial charge in [0.2, 0.25) is 34.8 Å². The van der Waals surface area contributed by atoms with Crippen molar-refractivity contribution in [3.63, 3.8) is 0 Å². The van der Waals surface area contributed by atoms with Crippen LogP contribution in [0.1, 0.15) is 34.1 Å². The standard InChI is InChI=1S/C39H27F5N2O6/c40-31-32(41)34(43)36(35(44)33(31)42)52-37(47)30(46-39(49)51-19-29-26-15-7-3-11-22(26)23-12-4-8-16-27(23)29)17-45-38(48)50-18-28-24-13-5-1-9-20(24)21-10-2-6-14-25(21)28/h1-16,28-30H,17-19H2,(H,45,48)(H,46,49). The molecule has 0 heterocycles. The third kappa shape index (κ3) is 6.29. The number of rotatable bonds is 9. The van der Waals surface area contributed by atoms with Crippen LogP contribution < -0.4 is 15.4 Å². The van der Waals surface area contributed by atoms with Crippen molar-refractivity contribution in [2.45, 2.75) is 17.9 Å². The van der Waals surface area contributed by atoms with Gasteiger partial charge in [0.15, 0.2) is 0 Å². The van der Waals surface area contributed by atoms with Gasteiger partial charge < -0.3 is 24.8 Å². The quantitative estimate of drug-likeness (QED) is 0.0533. The number of alkyl carbamates (subject to hydrolysis) is 2. The smallest absolute Gasteiger partial charge is 0.407 e. The van der Waals surface area contributed by atoms with Crippen LogP contribution in [0, 0.1) is 29.1 Å². The molecule has 0 aromatic heterocycles. The zero-order valence-electron chi connectivity index (χ0n) is 26.9. The molecule has 0 saturated carbocycles. The highest BCUT2D eigenvalue weighted by molar-refractivity contribution is 5.84. The molecule has 1 unspecified atom stereocenters. The van der Waals surface area contributed by atoms with Gasteiger partial charge in [-0.15, -0.1) is 0 Å². The first kappa shape index (κ1) is 34.2. The van der Waals surface area contributed by atoms with Gasteiger partial charge in [0.25, 0.3) is 0 Å². The summed E-state index contributed by atoms with van der Waals surface area (Å²) in [6.45, 7) is -1.09. The lowest BCUT2D eigenvalue weighted by Gasteiger charge is -2.20. The molecule has 0 radical (unpaired) electrons. The highest BCUT2D eigenvalue weighted by Crippen LogP contribution is 2.45. The molecule has 5 aromatic carbocycles. The van der Waals surface area contributed by atoms with E-state index < -0.39 is 65.6 Å². The maximum atomic E-state index is 14.4. The molecular weight excluding hydrogens is 687 g/mol. The Hall–Kier alpha value is -6.24. The minimum absolute atomic E-state index is 0.112. The first-order chi connectivity index (χ1) is 25.1. The van der Waals surface area contributed by atoms with E-state index in [2.05, 4.69) is 15.4 Å². The number of carbonyl (C=O) groups is 3. The Kier molecular flexibility index (Phi) is 9.33. The van der Waals surface area contributed by atoms with E-state index in [9.17, 15) is 36.3 Å². The zero-order valence-corrected chi connectivity index (χ0v) is 26.9. The van der Waals surface area contributed by atoms with Crippen molar-refractivity contribution >= 4 is 18.2 Å². The zero-order chi connectivity index (χ0) is 36.5. The molecule has 0 aliphatic heterocycles. The molecule has 13 heteroatoms. The number of benzene rings is 5. The monoisotopic (exact) mass is 714 g/mol. The second kappa shape index (κ2) is 14.2. The summed E-state index contributed by atoms with van der Waals surface area (Å²) in [5.74, 6) is -16.2. The van der Waals surface area contributed by atoms with E-state index in [0.29, 0.717) is 0 Å². The van der Waals surface area contributed by atoms with E-state index in [1.165, 1.54) is 0 Å². The molecule has 52 heavy (non-hydrogen) atoms. The maximum Gasteiger partial charge on any atom is 0.407 e. The molecule has 0 fully saturated rings. The van der Waals surface area contributed by atoms with Gasteiger partial charge >= 0.3 is 18.2 Å². The van der Waals surface area contributed by atoms with Crippen LogP contribution >= 0.6 is 0 Å². The fraction of sp³-hybridized carbons (Fsp3) is 0.154. The number of esters is 1.